The number of aliphatic carboxylic acids is 1. The minimum atomic E-state index is -1.92. The fraction of sp³-hybridized carbons (Fsp3) is 0.900. The molecule has 4 aliphatic rings. The van der Waals surface area contributed by atoms with Crippen LogP contribution >= 0.6 is 0 Å². The highest BCUT2D eigenvalue weighted by Crippen LogP contribution is 2.37. The quantitative estimate of drug-likeness (QED) is 0.0307. The molecule has 0 radical (unpaired) electrons. The van der Waals surface area contributed by atoms with Crippen molar-refractivity contribution in [2.75, 3.05) is 6.61 Å². The lowest BCUT2D eigenvalue weighted by Crippen LogP contribution is -2.67. The summed E-state index contributed by atoms with van der Waals surface area (Å²) >= 11 is 0. The summed E-state index contributed by atoms with van der Waals surface area (Å²) in [5.41, 5.74) is 0.258. The van der Waals surface area contributed by atoms with Gasteiger partial charge in [-0.3, -0.25) is 9.59 Å². The number of unbranched alkanes of at least 4 members (excludes halogenated alkanes) is 8. The number of allylic oxidation sites excluding steroid dienone is 1. The summed E-state index contributed by atoms with van der Waals surface area (Å²) in [5, 5.41) is 98.9. The van der Waals surface area contributed by atoms with Gasteiger partial charge in [-0.15, -0.1) is 0 Å². The summed E-state index contributed by atoms with van der Waals surface area (Å²) in [5.74, 6) is -3.02. The monoisotopic (exact) mass is 1040 g/mol. The molecule has 4 aliphatic heterocycles. The fourth-order valence-corrected chi connectivity index (χ4v) is 9.11. The minimum absolute atomic E-state index is 0.157. The number of hydrogen-bond donors (Lipinski definition) is 9. The minimum Gasteiger partial charge on any atom is -0.481 e. The second-order valence-corrected chi connectivity index (χ2v) is 19.8. The van der Waals surface area contributed by atoms with Crippen LogP contribution in [0, 0.1) is 5.92 Å². The zero-order valence-corrected chi connectivity index (χ0v) is 43.2. The molecule has 22 nitrogen and oxygen atoms in total. The molecule has 0 unspecified atom stereocenters. The number of carboxylic acid groups (broad SMARTS) is 1. The summed E-state index contributed by atoms with van der Waals surface area (Å²) in [6, 6.07) is 0. The molecule has 22 heteroatoms. The van der Waals surface area contributed by atoms with Gasteiger partial charge < -0.3 is 93.3 Å². The Morgan fingerprint density at radius 3 is 1.68 bits per heavy atom. The van der Waals surface area contributed by atoms with Crippen LogP contribution in [0.1, 0.15) is 145 Å². The van der Waals surface area contributed by atoms with Crippen molar-refractivity contribution in [3.63, 3.8) is 0 Å². The molecule has 9 N–H and O–H groups in total. The van der Waals surface area contributed by atoms with Crippen LogP contribution in [0.4, 0.5) is 0 Å². The van der Waals surface area contributed by atoms with Crippen molar-refractivity contribution >= 4 is 17.9 Å². The second kappa shape index (κ2) is 30.3. The van der Waals surface area contributed by atoms with Gasteiger partial charge in [0.05, 0.1) is 36.9 Å². The molecular weight excluding hydrogens is 953 g/mol. The molecule has 0 aromatic rings. The molecule has 4 rings (SSSR count). The van der Waals surface area contributed by atoms with Gasteiger partial charge in [0.25, 0.3) is 0 Å². The van der Waals surface area contributed by atoms with Gasteiger partial charge in [0.2, 0.25) is 0 Å². The van der Waals surface area contributed by atoms with E-state index in [9.17, 15) is 55.2 Å². The van der Waals surface area contributed by atoms with E-state index in [0.717, 1.165) is 57.8 Å². The van der Waals surface area contributed by atoms with Gasteiger partial charge in [-0.2, -0.15) is 0 Å². The highest BCUT2D eigenvalue weighted by Gasteiger charge is 2.56. The molecule has 0 saturated carbocycles. The maximum absolute atomic E-state index is 13.4. The zero-order chi connectivity index (χ0) is 53.4. The van der Waals surface area contributed by atoms with E-state index in [4.69, 9.17) is 52.5 Å². The van der Waals surface area contributed by atoms with Crippen LogP contribution in [0.5, 0.6) is 0 Å². The molecule has 22 atom stereocenters. The van der Waals surface area contributed by atoms with E-state index < -0.39 is 153 Å². The highest BCUT2D eigenvalue weighted by atomic mass is 16.8. The number of aliphatic hydroxyl groups excluding tert-OH is 8. The average molecular weight is 1040 g/mol. The fourth-order valence-electron chi connectivity index (χ4n) is 9.11. The molecule has 0 aromatic carbocycles. The van der Waals surface area contributed by atoms with Gasteiger partial charge >= 0.3 is 17.9 Å². The summed E-state index contributed by atoms with van der Waals surface area (Å²) in [7, 11) is 0. The number of carbonyl (C=O) groups excluding carboxylic acids is 2. The summed E-state index contributed by atoms with van der Waals surface area (Å²) in [4.78, 5) is 36.8. The molecule has 0 aliphatic carbocycles. The largest absolute Gasteiger partial charge is 0.481 e. The van der Waals surface area contributed by atoms with E-state index in [2.05, 4.69) is 6.92 Å². The van der Waals surface area contributed by atoms with Crippen LogP contribution in [0.15, 0.2) is 11.6 Å². The molecular formula is C50H86O22. The van der Waals surface area contributed by atoms with Crippen LogP contribution in [0.3, 0.4) is 0 Å². The Labute approximate surface area is 423 Å². The lowest BCUT2D eigenvalue weighted by molar-refractivity contribution is -0.399. The topological polar surface area (TPSA) is 326 Å². The predicted molar refractivity (Wildman–Crippen MR) is 252 cm³/mol. The van der Waals surface area contributed by atoms with Crippen LogP contribution in [-0.2, 0) is 61.8 Å². The third-order valence-electron chi connectivity index (χ3n) is 14.2. The standard InChI is InChI=1S/C50H86O22/c1-9-12-18-21-30(22-19-16-14-13-15-17-20-23-32(52)53)66-48-42(35(56)33(54)27(6)63-48)72-50-43(36(57)34(55)31(24-51)67-50)71-49-44(69-46(62)26(5)11-3)39(60)41(29(8)65-49)70-47-38(59)37(58)40(28(7)64-47)68-45(61)25(4)10-2/h10,26-31,33-44,47-51,54-60H,9,11-24H2,1-8H3,(H,52,53)/b25-10+/t26-,27-,28-,29+,30-,31-,33-,34-,35+,36+,37-,38-,39-,40-,41+,42-,43-,44-,47+,48+,49+,50+/m1/s1. The number of esters is 2. The van der Waals surface area contributed by atoms with Crippen molar-refractivity contribution in [1.29, 1.82) is 0 Å². The third-order valence-corrected chi connectivity index (χ3v) is 14.2. The Balaban J connectivity index is 1.57. The lowest BCUT2D eigenvalue weighted by Gasteiger charge is -2.49. The van der Waals surface area contributed by atoms with Crippen LogP contribution in [0.2, 0.25) is 0 Å². The van der Waals surface area contributed by atoms with Gasteiger partial charge in [-0.1, -0.05) is 84.6 Å². The normalized spacial score (nSPS) is 38.5. The lowest BCUT2D eigenvalue weighted by atomic mass is 9.96. The van der Waals surface area contributed by atoms with Crippen molar-refractivity contribution < 1.29 is 108 Å². The number of hydrogen-bond acceptors (Lipinski definition) is 21. The van der Waals surface area contributed by atoms with Gasteiger partial charge in [-0.05, 0) is 60.3 Å². The van der Waals surface area contributed by atoms with Gasteiger partial charge in [0.1, 0.15) is 67.1 Å². The third kappa shape index (κ3) is 17.0. The molecule has 4 heterocycles. The number of rotatable bonds is 28. The van der Waals surface area contributed by atoms with E-state index in [1.54, 1.807) is 27.7 Å². The van der Waals surface area contributed by atoms with Crippen molar-refractivity contribution in [2.45, 2.75) is 274 Å². The first-order valence-corrected chi connectivity index (χ1v) is 26.1. The van der Waals surface area contributed by atoms with Crippen LogP contribution < -0.4 is 0 Å². The first-order valence-electron chi connectivity index (χ1n) is 26.1. The maximum Gasteiger partial charge on any atom is 0.333 e. The molecule has 72 heavy (non-hydrogen) atoms. The van der Waals surface area contributed by atoms with Crippen molar-refractivity contribution in [1.82, 2.24) is 0 Å². The van der Waals surface area contributed by atoms with E-state index in [0.29, 0.717) is 25.7 Å². The second-order valence-electron chi connectivity index (χ2n) is 19.8. The SMILES string of the molecule is C/C=C(\C)C(=O)O[C@H]1[C@H](O)[C@@H](O)[C@H](O[C@@H]2[C@@H](O)[C@@H](OC(=O)[C@H](C)CC)[C@H](O[C@H]3[C@H](O[C@H]4[C@H](O[C@H](CCCCC)CCCCCCCCCC(=O)O)O[C@H](C)[C@@H](O)[C@@H]4O)O[C@H](CO)[C@@H](O)[C@@H]3O)O[C@H]2C)O[C@@H]1C. The molecule has 4 fully saturated rings. The van der Waals surface area contributed by atoms with Crippen molar-refractivity contribution in [2.24, 2.45) is 5.92 Å². The molecule has 0 spiro atoms. The average Bonchev–Trinajstić information content (AvgIpc) is 3.35. The maximum atomic E-state index is 13.4. The summed E-state index contributed by atoms with van der Waals surface area (Å²) in [6.45, 7) is 12.2. The Morgan fingerprint density at radius 1 is 0.569 bits per heavy atom. The van der Waals surface area contributed by atoms with Crippen molar-refractivity contribution in [3.8, 4) is 0 Å². The van der Waals surface area contributed by atoms with E-state index in [1.807, 2.05) is 0 Å². The highest BCUT2D eigenvalue weighted by molar-refractivity contribution is 5.87. The molecule has 418 valence electrons. The van der Waals surface area contributed by atoms with E-state index in [-0.39, 0.29) is 18.1 Å². The number of aliphatic hydroxyl groups is 8. The van der Waals surface area contributed by atoms with Gasteiger partial charge in [-0.25, -0.2) is 4.79 Å². The summed E-state index contributed by atoms with van der Waals surface area (Å²) in [6.07, 6.45) is -19.4. The van der Waals surface area contributed by atoms with E-state index in [1.165, 1.54) is 26.8 Å². The molecule has 4 saturated heterocycles. The Kier molecular flexibility index (Phi) is 26.1. The van der Waals surface area contributed by atoms with Crippen LogP contribution in [-0.4, -0.2) is 199 Å². The molecule has 0 amide bonds. The Hall–Kier alpha value is -2.49. The Bertz CT molecular complexity index is 1650. The predicted octanol–water partition coefficient (Wildman–Crippen LogP) is 2.02. The number of ether oxygens (including phenoxy) is 10. The van der Waals surface area contributed by atoms with E-state index >= 15 is 0 Å². The number of carboxylic acids is 1. The van der Waals surface area contributed by atoms with Gasteiger partial charge in [0, 0.05) is 12.0 Å². The smallest absolute Gasteiger partial charge is 0.333 e. The first-order chi connectivity index (χ1) is 34.2. The first kappa shape index (κ1) is 62.1. The van der Waals surface area contributed by atoms with Crippen molar-refractivity contribution in [3.05, 3.63) is 11.6 Å². The molecule has 0 bridgehead atoms. The Morgan fingerprint density at radius 2 is 1.08 bits per heavy atom. The molecule has 0 aromatic heterocycles. The number of carbonyl (C=O) groups is 3. The zero-order valence-electron chi connectivity index (χ0n) is 43.2. The van der Waals surface area contributed by atoms with Gasteiger partial charge in [0.15, 0.2) is 37.4 Å². The van der Waals surface area contributed by atoms with Crippen LogP contribution in [0.25, 0.3) is 0 Å². The summed E-state index contributed by atoms with van der Waals surface area (Å²) < 4.78 is 60.7.